The Labute approximate surface area is 202 Å². The van der Waals surface area contributed by atoms with E-state index in [2.05, 4.69) is 113 Å². The smallest absolute Gasteiger partial charge is 0.0725 e. The van der Waals surface area contributed by atoms with Gasteiger partial charge < -0.3 is 11.1 Å². The van der Waals surface area contributed by atoms with E-state index in [1.165, 1.54) is 44.5 Å². The van der Waals surface area contributed by atoms with Crippen LogP contribution < -0.4 is 5.73 Å². The molecule has 34 heavy (non-hydrogen) atoms. The van der Waals surface area contributed by atoms with Crippen molar-refractivity contribution in [1.29, 1.82) is 5.41 Å². The van der Waals surface area contributed by atoms with Gasteiger partial charge in [-0.15, -0.1) is 0 Å². The molecule has 0 bridgehead atoms. The summed E-state index contributed by atoms with van der Waals surface area (Å²) in [6.45, 7) is 9.09. The van der Waals surface area contributed by atoms with Crippen molar-refractivity contribution in [2.75, 3.05) is 0 Å². The lowest BCUT2D eigenvalue weighted by Crippen LogP contribution is -2.23. The van der Waals surface area contributed by atoms with Crippen molar-refractivity contribution in [3.63, 3.8) is 0 Å². The topological polar surface area (TPSA) is 49.9 Å². The highest BCUT2D eigenvalue weighted by molar-refractivity contribution is 6.03. The normalized spacial score (nSPS) is 16.9. The third kappa shape index (κ3) is 2.75. The van der Waals surface area contributed by atoms with Gasteiger partial charge in [0.2, 0.25) is 0 Å². The Balaban J connectivity index is 1.37. The van der Waals surface area contributed by atoms with Gasteiger partial charge in [-0.3, -0.25) is 0 Å². The highest BCUT2D eigenvalue weighted by Crippen LogP contribution is 2.50. The number of fused-ring (bicyclic) bond motifs is 6. The Morgan fingerprint density at radius 3 is 1.68 bits per heavy atom. The lowest BCUT2D eigenvalue weighted by molar-refractivity contribution is 0.658. The summed E-state index contributed by atoms with van der Waals surface area (Å²) in [7, 11) is 0. The number of hydrogen-bond acceptors (Lipinski definition) is 2. The standard InChI is InChI=1S/C32H30N2/c1-31(2)25-11-7-5-9-21(25)23-15-13-19(17-27(23)31)29(33)30(34)20-14-16-24-22-10-6-8-12-26(22)32(3,4)28(24)18-20/h5-18,29,34H,33H2,1-4H3. The minimum Gasteiger partial charge on any atom is -0.319 e. The van der Waals surface area contributed by atoms with Crippen LogP contribution in [0.3, 0.4) is 0 Å². The molecule has 1 unspecified atom stereocenters. The van der Waals surface area contributed by atoms with E-state index in [0.29, 0.717) is 5.71 Å². The predicted octanol–water partition coefficient (Wildman–Crippen LogP) is 7.37. The molecule has 168 valence electrons. The van der Waals surface area contributed by atoms with Crippen LogP contribution in [0.1, 0.15) is 67.1 Å². The van der Waals surface area contributed by atoms with Crippen LogP contribution >= 0.6 is 0 Å². The summed E-state index contributed by atoms with van der Waals surface area (Å²) in [5.41, 5.74) is 19.3. The average Bonchev–Trinajstić information content (AvgIpc) is 3.23. The Morgan fingerprint density at radius 2 is 1.09 bits per heavy atom. The van der Waals surface area contributed by atoms with Gasteiger partial charge in [0, 0.05) is 10.8 Å². The quantitative estimate of drug-likeness (QED) is 0.320. The van der Waals surface area contributed by atoms with Gasteiger partial charge >= 0.3 is 0 Å². The molecule has 0 saturated heterocycles. The van der Waals surface area contributed by atoms with Crippen molar-refractivity contribution in [3.05, 3.63) is 118 Å². The number of benzene rings is 4. The molecule has 0 aliphatic heterocycles. The maximum Gasteiger partial charge on any atom is 0.0725 e. The number of nitrogens with one attached hydrogen (secondary N) is 1. The van der Waals surface area contributed by atoms with Crippen molar-refractivity contribution in [1.82, 2.24) is 0 Å². The van der Waals surface area contributed by atoms with Crippen molar-refractivity contribution in [2.24, 2.45) is 5.73 Å². The molecular formula is C32H30N2. The third-order valence-electron chi connectivity index (χ3n) is 8.17. The molecule has 2 heteroatoms. The van der Waals surface area contributed by atoms with E-state index in [4.69, 9.17) is 11.1 Å². The van der Waals surface area contributed by atoms with Crippen molar-refractivity contribution < 1.29 is 0 Å². The Hall–Kier alpha value is -3.49. The highest BCUT2D eigenvalue weighted by Gasteiger charge is 2.37. The van der Waals surface area contributed by atoms with Crippen LogP contribution in [0.15, 0.2) is 84.9 Å². The van der Waals surface area contributed by atoms with Crippen LogP contribution in [0.4, 0.5) is 0 Å². The number of hydrogen-bond donors (Lipinski definition) is 2. The van der Waals surface area contributed by atoms with E-state index in [0.717, 1.165) is 11.1 Å². The van der Waals surface area contributed by atoms with Crippen molar-refractivity contribution in [2.45, 2.75) is 44.6 Å². The molecule has 1 atom stereocenters. The third-order valence-corrected chi connectivity index (χ3v) is 8.17. The van der Waals surface area contributed by atoms with E-state index in [9.17, 15) is 0 Å². The van der Waals surface area contributed by atoms with Crippen LogP contribution in [0.25, 0.3) is 22.3 Å². The maximum atomic E-state index is 9.03. The molecule has 6 rings (SSSR count). The van der Waals surface area contributed by atoms with Gasteiger partial charge in [0.05, 0.1) is 11.8 Å². The van der Waals surface area contributed by atoms with Gasteiger partial charge in [-0.25, -0.2) is 0 Å². The van der Waals surface area contributed by atoms with Crippen LogP contribution in [0.5, 0.6) is 0 Å². The molecule has 3 N–H and O–H groups in total. The molecule has 0 saturated carbocycles. The Kier molecular flexibility index (Phi) is 4.34. The average molecular weight is 443 g/mol. The maximum absolute atomic E-state index is 9.03. The summed E-state index contributed by atoms with van der Waals surface area (Å²) in [5.74, 6) is 0. The van der Waals surface area contributed by atoms with E-state index in [-0.39, 0.29) is 10.8 Å². The molecule has 0 amide bonds. The van der Waals surface area contributed by atoms with Gasteiger partial charge in [0.15, 0.2) is 0 Å². The second-order valence-electron chi connectivity index (χ2n) is 10.8. The van der Waals surface area contributed by atoms with Gasteiger partial charge in [-0.1, -0.05) is 107 Å². The molecule has 4 aromatic carbocycles. The Bertz CT molecular complexity index is 1490. The van der Waals surface area contributed by atoms with E-state index < -0.39 is 6.04 Å². The molecule has 0 fully saturated rings. The first kappa shape index (κ1) is 21.1. The van der Waals surface area contributed by atoms with E-state index in [1.54, 1.807) is 0 Å². The molecule has 0 spiro atoms. The van der Waals surface area contributed by atoms with Crippen LogP contribution in [0.2, 0.25) is 0 Å². The SMILES string of the molecule is CC1(C)c2ccccc2-c2ccc(C(=N)C(N)c3ccc4c(c3)C(C)(C)c3ccccc3-4)cc21. The molecule has 0 aromatic heterocycles. The van der Waals surface area contributed by atoms with Crippen molar-refractivity contribution in [3.8, 4) is 22.3 Å². The second kappa shape index (κ2) is 7.01. The fourth-order valence-corrected chi connectivity index (χ4v) is 6.13. The fraction of sp³-hybridized carbons (Fsp3) is 0.219. The monoisotopic (exact) mass is 442 g/mol. The summed E-state index contributed by atoms with van der Waals surface area (Å²) in [6, 6.07) is 29.7. The molecule has 2 nitrogen and oxygen atoms in total. The zero-order chi connectivity index (χ0) is 23.8. The second-order valence-corrected chi connectivity index (χ2v) is 10.8. The summed E-state index contributed by atoms with van der Waals surface area (Å²) in [5, 5.41) is 9.03. The lowest BCUT2D eigenvalue weighted by atomic mass is 9.80. The summed E-state index contributed by atoms with van der Waals surface area (Å²) < 4.78 is 0. The van der Waals surface area contributed by atoms with E-state index in [1.807, 2.05) is 0 Å². The van der Waals surface area contributed by atoms with E-state index >= 15 is 0 Å². The first-order chi connectivity index (χ1) is 16.2. The van der Waals surface area contributed by atoms with Crippen LogP contribution in [0, 0.1) is 5.41 Å². The van der Waals surface area contributed by atoms with Gasteiger partial charge in [0.1, 0.15) is 0 Å². The molecule has 0 radical (unpaired) electrons. The largest absolute Gasteiger partial charge is 0.319 e. The number of nitrogens with two attached hydrogens (primary N) is 1. The van der Waals surface area contributed by atoms with Crippen LogP contribution in [-0.4, -0.2) is 5.71 Å². The zero-order valence-electron chi connectivity index (χ0n) is 20.2. The van der Waals surface area contributed by atoms with Gasteiger partial charge in [0.25, 0.3) is 0 Å². The fourth-order valence-electron chi connectivity index (χ4n) is 6.13. The minimum absolute atomic E-state index is 0.0762. The molecule has 2 aliphatic carbocycles. The first-order valence-electron chi connectivity index (χ1n) is 12.0. The number of rotatable bonds is 3. The predicted molar refractivity (Wildman–Crippen MR) is 142 cm³/mol. The first-order valence-corrected chi connectivity index (χ1v) is 12.0. The van der Waals surface area contributed by atoms with Gasteiger partial charge in [-0.2, -0.15) is 0 Å². The molecule has 2 aliphatic rings. The van der Waals surface area contributed by atoms with Crippen LogP contribution in [-0.2, 0) is 10.8 Å². The Morgan fingerprint density at radius 1 is 0.618 bits per heavy atom. The molecule has 0 heterocycles. The lowest BCUT2D eigenvalue weighted by Gasteiger charge is -2.24. The summed E-state index contributed by atoms with van der Waals surface area (Å²) in [6.07, 6.45) is 0. The molecular weight excluding hydrogens is 412 g/mol. The molecule has 4 aromatic rings. The highest BCUT2D eigenvalue weighted by atomic mass is 14.7. The summed E-state index contributed by atoms with van der Waals surface area (Å²) in [4.78, 5) is 0. The minimum atomic E-state index is -0.477. The van der Waals surface area contributed by atoms with Crippen molar-refractivity contribution >= 4 is 5.71 Å². The zero-order valence-corrected chi connectivity index (χ0v) is 20.2. The summed E-state index contributed by atoms with van der Waals surface area (Å²) >= 11 is 0. The van der Waals surface area contributed by atoms with Gasteiger partial charge in [-0.05, 0) is 61.7 Å².